The molecular weight excluding hydrogens is 405 g/mol. The Bertz CT molecular complexity index is 661. The zero-order valence-corrected chi connectivity index (χ0v) is 14.0. The van der Waals surface area contributed by atoms with Crippen molar-refractivity contribution in [3.63, 3.8) is 0 Å². The summed E-state index contributed by atoms with van der Waals surface area (Å²) < 4.78 is 0.791. The molecule has 0 aliphatic carbocycles. The highest BCUT2D eigenvalue weighted by molar-refractivity contribution is 14.1. The van der Waals surface area contributed by atoms with E-state index in [1.54, 1.807) is 24.7 Å². The number of hydrogen-bond donors (Lipinski definition) is 2. The van der Waals surface area contributed by atoms with E-state index in [1.165, 1.54) is 22.3 Å². The maximum atomic E-state index is 12.1. The molecule has 0 saturated heterocycles. The summed E-state index contributed by atoms with van der Waals surface area (Å²) in [6.45, 7) is 0.363. The van der Waals surface area contributed by atoms with Crippen LogP contribution < -0.4 is 5.32 Å². The number of nitrogens with one attached hydrogen (secondary N) is 1. The molecule has 110 valence electrons. The van der Waals surface area contributed by atoms with E-state index in [2.05, 4.69) is 10.3 Å². The van der Waals surface area contributed by atoms with Crippen molar-refractivity contribution in [2.24, 2.45) is 0 Å². The van der Waals surface area contributed by atoms with E-state index in [-0.39, 0.29) is 17.3 Å². The van der Waals surface area contributed by atoms with Gasteiger partial charge in [0.25, 0.3) is 0 Å². The third kappa shape index (κ3) is 4.14. The van der Waals surface area contributed by atoms with Crippen molar-refractivity contribution < 1.29 is 14.7 Å². The number of thiazole rings is 1. The Hall–Kier alpha value is -1.68. The van der Waals surface area contributed by atoms with Crippen LogP contribution in [-0.2, 0) is 6.54 Å². The Labute approximate surface area is 138 Å². The van der Waals surface area contributed by atoms with Crippen molar-refractivity contribution in [2.45, 2.75) is 6.54 Å². The number of nitrogens with zero attached hydrogens (tertiary/aromatic N) is 2. The van der Waals surface area contributed by atoms with Gasteiger partial charge in [-0.15, -0.1) is 11.3 Å². The second kappa shape index (κ2) is 6.85. The molecule has 1 aromatic carbocycles. The number of carboxylic acid groups (broad SMARTS) is 1. The van der Waals surface area contributed by atoms with Crippen LogP contribution in [0.25, 0.3) is 0 Å². The van der Waals surface area contributed by atoms with Gasteiger partial charge in [-0.25, -0.2) is 14.6 Å². The van der Waals surface area contributed by atoms with Gasteiger partial charge in [0.15, 0.2) is 0 Å². The molecule has 2 amide bonds. The summed E-state index contributed by atoms with van der Waals surface area (Å²) in [5.41, 5.74) is 2.83. The van der Waals surface area contributed by atoms with Crippen LogP contribution in [0.2, 0.25) is 0 Å². The molecule has 6 nitrogen and oxygen atoms in total. The number of aromatic carboxylic acids is 1. The number of benzene rings is 1. The number of carboxylic acids is 1. The van der Waals surface area contributed by atoms with Gasteiger partial charge in [-0.1, -0.05) is 0 Å². The van der Waals surface area contributed by atoms with Crippen LogP contribution in [0.5, 0.6) is 0 Å². The van der Waals surface area contributed by atoms with Gasteiger partial charge in [-0.05, 0) is 40.8 Å². The van der Waals surface area contributed by atoms with Crippen LogP contribution in [-0.4, -0.2) is 34.0 Å². The van der Waals surface area contributed by atoms with Gasteiger partial charge in [0.05, 0.1) is 29.0 Å². The summed E-state index contributed by atoms with van der Waals surface area (Å²) in [4.78, 5) is 28.8. The Morgan fingerprint density at radius 2 is 2.24 bits per heavy atom. The standard InChI is InChI=1S/C13H12IN3O3S/c1-17(5-9-6-21-7-15-9)13(20)16-11-3-2-8(14)4-10(11)12(18)19/h2-4,6-7H,5H2,1H3,(H,16,20)(H,18,19). The molecule has 0 unspecified atom stereocenters. The molecule has 0 bridgehead atoms. The molecule has 8 heteroatoms. The van der Waals surface area contributed by atoms with Crippen LogP contribution in [0.1, 0.15) is 16.1 Å². The van der Waals surface area contributed by atoms with Crippen molar-refractivity contribution in [1.29, 1.82) is 0 Å². The van der Waals surface area contributed by atoms with E-state index in [9.17, 15) is 14.7 Å². The number of halogens is 1. The molecule has 21 heavy (non-hydrogen) atoms. The van der Waals surface area contributed by atoms with Gasteiger partial charge >= 0.3 is 12.0 Å². The summed E-state index contributed by atoms with van der Waals surface area (Å²) in [5.74, 6) is -1.08. The predicted octanol–water partition coefficient (Wildman–Crippen LogP) is 3.11. The molecule has 0 saturated carbocycles. The number of carbonyl (C=O) groups is 2. The fourth-order valence-corrected chi connectivity index (χ4v) is 2.68. The van der Waals surface area contributed by atoms with Crippen molar-refractivity contribution in [2.75, 3.05) is 12.4 Å². The van der Waals surface area contributed by atoms with Crippen molar-refractivity contribution in [3.05, 3.63) is 43.9 Å². The molecule has 2 N–H and O–H groups in total. The number of amides is 2. The number of carbonyl (C=O) groups excluding carboxylic acids is 1. The average Bonchev–Trinajstić information content (AvgIpc) is 2.93. The minimum absolute atomic E-state index is 0.0670. The van der Waals surface area contributed by atoms with E-state index >= 15 is 0 Å². The number of aromatic nitrogens is 1. The van der Waals surface area contributed by atoms with Crippen molar-refractivity contribution in [1.82, 2.24) is 9.88 Å². The fraction of sp³-hybridized carbons (Fsp3) is 0.154. The fourth-order valence-electron chi connectivity index (χ4n) is 1.64. The Morgan fingerprint density at radius 1 is 1.48 bits per heavy atom. The van der Waals surface area contributed by atoms with E-state index in [0.717, 1.165) is 9.26 Å². The van der Waals surface area contributed by atoms with Crippen LogP contribution in [0.15, 0.2) is 29.1 Å². The second-order valence-electron chi connectivity index (χ2n) is 4.26. The van der Waals surface area contributed by atoms with E-state index < -0.39 is 5.97 Å². The molecule has 0 aliphatic rings. The van der Waals surface area contributed by atoms with Crippen molar-refractivity contribution >= 4 is 51.6 Å². The van der Waals surface area contributed by atoms with E-state index in [1.807, 2.05) is 28.0 Å². The third-order valence-corrected chi connectivity index (χ3v) is 3.99. The van der Waals surface area contributed by atoms with Crippen LogP contribution in [0.4, 0.5) is 10.5 Å². The van der Waals surface area contributed by atoms with Crippen LogP contribution in [0.3, 0.4) is 0 Å². The zero-order chi connectivity index (χ0) is 15.4. The number of urea groups is 1. The minimum Gasteiger partial charge on any atom is -0.478 e. The third-order valence-electron chi connectivity index (χ3n) is 2.68. The minimum atomic E-state index is -1.08. The molecule has 0 aliphatic heterocycles. The molecule has 0 spiro atoms. The zero-order valence-electron chi connectivity index (χ0n) is 11.0. The maximum Gasteiger partial charge on any atom is 0.337 e. The second-order valence-corrected chi connectivity index (χ2v) is 6.23. The van der Waals surface area contributed by atoms with Gasteiger partial charge in [-0.2, -0.15) is 0 Å². The average molecular weight is 417 g/mol. The van der Waals surface area contributed by atoms with Crippen LogP contribution >= 0.6 is 33.9 Å². The molecule has 1 heterocycles. The lowest BCUT2D eigenvalue weighted by molar-refractivity contribution is 0.0698. The highest BCUT2D eigenvalue weighted by atomic mass is 127. The Balaban J connectivity index is 2.10. The predicted molar refractivity (Wildman–Crippen MR) is 88.7 cm³/mol. The first-order chi connectivity index (χ1) is 9.97. The first-order valence-corrected chi connectivity index (χ1v) is 7.91. The van der Waals surface area contributed by atoms with Crippen LogP contribution in [0, 0.1) is 3.57 Å². The summed E-state index contributed by atoms with van der Waals surface area (Å²) in [6, 6.07) is 4.45. The molecule has 0 radical (unpaired) electrons. The highest BCUT2D eigenvalue weighted by Crippen LogP contribution is 2.19. The quantitative estimate of drug-likeness (QED) is 0.750. The van der Waals surface area contributed by atoms with E-state index in [4.69, 9.17) is 0 Å². The maximum absolute atomic E-state index is 12.1. The number of rotatable bonds is 4. The molecule has 2 aromatic rings. The lowest BCUT2D eigenvalue weighted by Crippen LogP contribution is -2.31. The van der Waals surface area contributed by atoms with Gasteiger partial charge in [0.2, 0.25) is 0 Å². The molecular formula is C13H12IN3O3S. The Kier molecular flexibility index (Phi) is 5.12. The van der Waals surface area contributed by atoms with E-state index in [0.29, 0.717) is 6.54 Å². The summed E-state index contributed by atoms with van der Waals surface area (Å²) in [5, 5.41) is 13.6. The van der Waals surface area contributed by atoms with Gasteiger partial charge < -0.3 is 15.3 Å². The lowest BCUT2D eigenvalue weighted by atomic mass is 10.2. The smallest absolute Gasteiger partial charge is 0.337 e. The molecule has 0 fully saturated rings. The monoisotopic (exact) mass is 417 g/mol. The number of hydrogen-bond acceptors (Lipinski definition) is 4. The SMILES string of the molecule is CN(Cc1cscn1)C(=O)Nc1ccc(I)cc1C(=O)O. The van der Waals surface area contributed by atoms with Gasteiger partial charge in [-0.3, -0.25) is 0 Å². The molecule has 2 rings (SSSR count). The van der Waals surface area contributed by atoms with Gasteiger partial charge in [0.1, 0.15) is 0 Å². The first kappa shape index (κ1) is 15.7. The largest absolute Gasteiger partial charge is 0.478 e. The molecule has 1 aromatic heterocycles. The lowest BCUT2D eigenvalue weighted by Gasteiger charge is -2.17. The Morgan fingerprint density at radius 3 is 2.86 bits per heavy atom. The molecule has 0 atom stereocenters. The number of anilines is 1. The first-order valence-electron chi connectivity index (χ1n) is 5.89. The topological polar surface area (TPSA) is 82.5 Å². The summed E-state index contributed by atoms with van der Waals surface area (Å²) in [6.07, 6.45) is 0. The van der Waals surface area contributed by atoms with Gasteiger partial charge in [0, 0.05) is 16.0 Å². The van der Waals surface area contributed by atoms with Crippen molar-refractivity contribution in [3.8, 4) is 0 Å². The normalized spacial score (nSPS) is 10.2. The highest BCUT2D eigenvalue weighted by Gasteiger charge is 2.15. The summed E-state index contributed by atoms with van der Waals surface area (Å²) >= 11 is 3.48. The summed E-state index contributed by atoms with van der Waals surface area (Å²) in [7, 11) is 1.63.